The molecule has 4 aromatic heterocycles. The molecule has 2 aliphatic rings. The van der Waals surface area contributed by atoms with Crippen molar-refractivity contribution in [2.24, 2.45) is 17.8 Å². The van der Waals surface area contributed by atoms with Crippen molar-refractivity contribution in [3.8, 4) is 22.8 Å². The largest absolute Gasteiger partial charge is 0.439 e. The van der Waals surface area contributed by atoms with Gasteiger partial charge in [0.1, 0.15) is 5.69 Å². The normalized spacial score (nSPS) is 24.3. The van der Waals surface area contributed by atoms with Crippen molar-refractivity contribution in [3.05, 3.63) is 40.1 Å². The molecular weight excluding hydrogens is 490 g/mol. The SMILES string of the molecule is CC1CCC(Cn2c(N3CCC(C)C3C)nc3cc(-c4noc(=O)[nH]4)nc(-c4cncc(Cl)c4)c32)CC1. The van der Waals surface area contributed by atoms with Crippen LogP contribution in [0, 0.1) is 17.8 Å². The lowest BCUT2D eigenvalue weighted by molar-refractivity contribution is 0.266. The van der Waals surface area contributed by atoms with Crippen molar-refractivity contribution < 1.29 is 4.52 Å². The van der Waals surface area contributed by atoms with Gasteiger partial charge < -0.3 is 9.47 Å². The molecule has 0 spiro atoms. The number of pyridine rings is 2. The summed E-state index contributed by atoms with van der Waals surface area (Å²) in [5.41, 5.74) is 3.75. The zero-order valence-electron chi connectivity index (χ0n) is 21.4. The number of aromatic amines is 1. The lowest BCUT2D eigenvalue weighted by Crippen LogP contribution is -2.32. The topological polar surface area (TPSA) is 106 Å². The number of aromatic nitrogens is 6. The maximum Gasteiger partial charge on any atom is 0.439 e. The minimum Gasteiger partial charge on any atom is -0.339 e. The van der Waals surface area contributed by atoms with Crippen LogP contribution in [0.15, 0.2) is 33.8 Å². The third-order valence-corrected chi connectivity index (χ3v) is 8.55. The molecule has 1 aliphatic heterocycles. The Bertz CT molecular complexity index is 1480. The van der Waals surface area contributed by atoms with Gasteiger partial charge in [0.15, 0.2) is 0 Å². The summed E-state index contributed by atoms with van der Waals surface area (Å²) in [6.07, 6.45) is 9.47. The van der Waals surface area contributed by atoms with E-state index in [9.17, 15) is 4.79 Å². The Labute approximate surface area is 220 Å². The highest BCUT2D eigenvalue weighted by molar-refractivity contribution is 6.30. The Hall–Kier alpha value is -3.20. The van der Waals surface area contributed by atoms with Gasteiger partial charge in [0.2, 0.25) is 11.8 Å². The van der Waals surface area contributed by atoms with Gasteiger partial charge in [-0.15, -0.1) is 0 Å². The molecule has 1 aliphatic carbocycles. The van der Waals surface area contributed by atoms with Crippen LogP contribution in [0.2, 0.25) is 5.02 Å². The molecule has 37 heavy (non-hydrogen) atoms. The van der Waals surface area contributed by atoms with Crippen molar-refractivity contribution in [2.75, 3.05) is 11.4 Å². The Morgan fingerprint density at radius 2 is 1.89 bits per heavy atom. The van der Waals surface area contributed by atoms with E-state index in [1.165, 1.54) is 25.7 Å². The number of nitrogens with zero attached hydrogens (tertiary/aromatic N) is 6. The molecule has 0 bridgehead atoms. The van der Waals surface area contributed by atoms with E-state index in [-0.39, 0.29) is 5.82 Å². The summed E-state index contributed by atoms with van der Waals surface area (Å²) in [7, 11) is 0. The van der Waals surface area contributed by atoms with Crippen molar-refractivity contribution >= 4 is 28.6 Å². The van der Waals surface area contributed by atoms with E-state index < -0.39 is 5.76 Å². The summed E-state index contributed by atoms with van der Waals surface area (Å²) >= 11 is 6.36. The summed E-state index contributed by atoms with van der Waals surface area (Å²) < 4.78 is 7.15. The van der Waals surface area contributed by atoms with Crippen LogP contribution in [0.3, 0.4) is 0 Å². The number of fused-ring (bicyclic) bond motifs is 1. The Balaban J connectivity index is 1.58. The predicted molar refractivity (Wildman–Crippen MR) is 144 cm³/mol. The van der Waals surface area contributed by atoms with Gasteiger partial charge in [-0.2, -0.15) is 0 Å². The average molecular weight is 522 g/mol. The molecule has 0 aromatic carbocycles. The molecule has 0 amide bonds. The zero-order valence-corrected chi connectivity index (χ0v) is 22.2. The highest BCUT2D eigenvalue weighted by Gasteiger charge is 2.33. The fourth-order valence-electron chi connectivity index (χ4n) is 5.89. The van der Waals surface area contributed by atoms with E-state index in [1.54, 1.807) is 12.4 Å². The number of anilines is 1. The molecule has 6 rings (SSSR count). The maximum absolute atomic E-state index is 11.7. The number of hydrogen-bond acceptors (Lipinski definition) is 7. The molecule has 10 heteroatoms. The van der Waals surface area contributed by atoms with E-state index in [1.807, 2.05) is 12.1 Å². The third kappa shape index (κ3) is 4.54. The predicted octanol–water partition coefficient (Wildman–Crippen LogP) is 5.55. The second-order valence-corrected chi connectivity index (χ2v) is 11.3. The number of H-pyrrole nitrogens is 1. The average Bonchev–Trinajstić information content (AvgIpc) is 3.57. The summed E-state index contributed by atoms with van der Waals surface area (Å²) in [5.74, 6) is 2.59. The minimum absolute atomic E-state index is 0.267. The van der Waals surface area contributed by atoms with Gasteiger partial charge >= 0.3 is 5.76 Å². The first kappa shape index (κ1) is 24.2. The smallest absolute Gasteiger partial charge is 0.339 e. The zero-order chi connectivity index (χ0) is 25.7. The highest BCUT2D eigenvalue weighted by Crippen LogP contribution is 2.39. The van der Waals surface area contributed by atoms with E-state index in [4.69, 9.17) is 26.1 Å². The number of halogens is 1. The summed E-state index contributed by atoms with van der Waals surface area (Å²) in [4.78, 5) is 31.3. The van der Waals surface area contributed by atoms with Crippen LogP contribution in [-0.2, 0) is 6.54 Å². The number of rotatable bonds is 5. The molecule has 2 atom stereocenters. The van der Waals surface area contributed by atoms with Crippen LogP contribution in [0.25, 0.3) is 33.8 Å². The molecule has 0 radical (unpaired) electrons. The molecule has 1 N–H and O–H groups in total. The van der Waals surface area contributed by atoms with Crippen LogP contribution in [0.5, 0.6) is 0 Å². The number of hydrogen-bond donors (Lipinski definition) is 1. The lowest BCUT2D eigenvalue weighted by Gasteiger charge is -2.30. The van der Waals surface area contributed by atoms with Gasteiger partial charge in [-0.25, -0.2) is 14.8 Å². The van der Waals surface area contributed by atoms with Crippen molar-refractivity contribution in [1.29, 1.82) is 0 Å². The van der Waals surface area contributed by atoms with Gasteiger partial charge in [-0.05, 0) is 56.1 Å². The first-order chi connectivity index (χ1) is 17.9. The van der Waals surface area contributed by atoms with Gasteiger partial charge in [-0.3, -0.25) is 14.5 Å². The van der Waals surface area contributed by atoms with Gasteiger partial charge in [0, 0.05) is 37.1 Å². The first-order valence-electron chi connectivity index (χ1n) is 13.2. The third-order valence-electron chi connectivity index (χ3n) is 8.34. The quantitative estimate of drug-likeness (QED) is 0.367. The first-order valence-corrected chi connectivity index (χ1v) is 13.6. The molecule has 1 saturated carbocycles. The molecule has 4 aromatic rings. The molecule has 2 fully saturated rings. The van der Waals surface area contributed by atoms with Gasteiger partial charge in [0.25, 0.3) is 0 Å². The van der Waals surface area contributed by atoms with Gasteiger partial charge in [-0.1, -0.05) is 43.4 Å². The lowest BCUT2D eigenvalue weighted by atomic mass is 9.83. The van der Waals surface area contributed by atoms with Crippen LogP contribution in [0.4, 0.5) is 5.95 Å². The molecule has 5 heterocycles. The fourth-order valence-corrected chi connectivity index (χ4v) is 6.06. The van der Waals surface area contributed by atoms with Crippen molar-refractivity contribution in [3.63, 3.8) is 0 Å². The molecule has 1 saturated heterocycles. The monoisotopic (exact) mass is 521 g/mol. The van der Waals surface area contributed by atoms with Crippen LogP contribution >= 0.6 is 11.6 Å². The van der Waals surface area contributed by atoms with Crippen LogP contribution in [0.1, 0.15) is 52.9 Å². The molecule has 9 nitrogen and oxygen atoms in total. The van der Waals surface area contributed by atoms with Crippen LogP contribution < -0.4 is 10.7 Å². The van der Waals surface area contributed by atoms with E-state index >= 15 is 0 Å². The van der Waals surface area contributed by atoms with Crippen molar-refractivity contribution in [2.45, 2.75) is 65.5 Å². The summed E-state index contributed by atoms with van der Waals surface area (Å²) in [6.45, 7) is 8.81. The van der Waals surface area contributed by atoms with Crippen LogP contribution in [-0.4, -0.2) is 42.2 Å². The fraction of sp³-hybridized carbons (Fsp3) is 0.519. The Kier molecular flexibility index (Phi) is 6.26. The number of imidazole rings is 1. The second-order valence-electron chi connectivity index (χ2n) is 10.9. The van der Waals surface area contributed by atoms with E-state index in [0.29, 0.717) is 34.3 Å². The summed E-state index contributed by atoms with van der Waals surface area (Å²) in [6, 6.07) is 4.14. The van der Waals surface area contributed by atoms with E-state index in [2.05, 4.69) is 45.4 Å². The Morgan fingerprint density at radius 3 is 2.57 bits per heavy atom. The molecular formula is C27H32ClN7O2. The van der Waals surface area contributed by atoms with Crippen molar-refractivity contribution in [1.82, 2.24) is 29.7 Å². The maximum atomic E-state index is 11.7. The van der Waals surface area contributed by atoms with Gasteiger partial charge in [0.05, 0.1) is 21.7 Å². The highest BCUT2D eigenvalue weighted by atomic mass is 35.5. The van der Waals surface area contributed by atoms with E-state index in [0.717, 1.165) is 48.0 Å². The molecule has 2 unspecified atom stereocenters. The Morgan fingerprint density at radius 1 is 1.08 bits per heavy atom. The minimum atomic E-state index is -0.625. The standard InChI is InChI=1S/C27H32ClN7O2/c1-15-4-6-18(7-5-15)14-35-24-21(31-26(35)34-9-8-16(2)17(34)3)11-22(25-32-27(36)37-33-25)30-23(24)19-10-20(28)13-29-12-19/h10-13,15-18H,4-9,14H2,1-3H3,(H,32,33,36). The second kappa shape index (κ2) is 9.59. The number of nitrogens with one attached hydrogen (secondary N) is 1. The summed E-state index contributed by atoms with van der Waals surface area (Å²) in [5, 5.41) is 4.41. The molecule has 194 valence electrons.